The summed E-state index contributed by atoms with van der Waals surface area (Å²) in [5.41, 5.74) is 0.268. The molecule has 0 saturated carbocycles. The van der Waals surface area contributed by atoms with E-state index < -0.39 is 0 Å². The molecule has 0 radical (unpaired) electrons. The van der Waals surface area contributed by atoms with Crippen molar-refractivity contribution < 1.29 is 14.3 Å². The van der Waals surface area contributed by atoms with Crippen LogP contribution in [0.25, 0.3) is 0 Å². The van der Waals surface area contributed by atoms with E-state index in [1.807, 2.05) is 0 Å². The molecule has 1 aliphatic heterocycles. The molecule has 1 saturated heterocycles. The van der Waals surface area contributed by atoms with Crippen molar-refractivity contribution in [1.82, 2.24) is 15.3 Å². The van der Waals surface area contributed by atoms with Crippen LogP contribution in [0.3, 0.4) is 0 Å². The Kier molecular flexibility index (Phi) is 4.00. The minimum Gasteiger partial charge on any atom is -0.479 e. The maximum absolute atomic E-state index is 12.0. The van der Waals surface area contributed by atoms with E-state index in [2.05, 4.69) is 15.3 Å². The van der Waals surface area contributed by atoms with E-state index in [0.29, 0.717) is 19.6 Å². The van der Waals surface area contributed by atoms with Crippen LogP contribution in [-0.4, -0.2) is 48.7 Å². The molecule has 0 bridgehead atoms. The Morgan fingerprint density at radius 3 is 3.12 bits per heavy atom. The molecule has 6 nitrogen and oxygen atoms in total. The third-order valence-electron chi connectivity index (χ3n) is 2.54. The first kappa shape index (κ1) is 11.9. The van der Waals surface area contributed by atoms with E-state index in [-0.39, 0.29) is 23.5 Å². The second-order valence-electron chi connectivity index (χ2n) is 3.74. The maximum atomic E-state index is 12.0. The van der Waals surface area contributed by atoms with Crippen LogP contribution < -0.4 is 10.1 Å². The molecule has 2 heterocycles. The fourth-order valence-corrected chi connectivity index (χ4v) is 1.72. The summed E-state index contributed by atoms with van der Waals surface area (Å²) in [7, 11) is 1.47. The van der Waals surface area contributed by atoms with Crippen molar-refractivity contribution in [2.24, 2.45) is 0 Å². The average molecular weight is 237 g/mol. The molecule has 0 spiro atoms. The first-order valence-electron chi connectivity index (χ1n) is 5.51. The van der Waals surface area contributed by atoms with E-state index in [4.69, 9.17) is 9.47 Å². The lowest BCUT2D eigenvalue weighted by Crippen LogP contribution is -2.39. The predicted octanol–water partition coefficient (Wildman–Crippen LogP) is 0.0464. The molecule has 6 heteroatoms. The van der Waals surface area contributed by atoms with Crippen molar-refractivity contribution in [2.75, 3.05) is 26.8 Å². The zero-order chi connectivity index (χ0) is 12.1. The molecule has 2 rings (SSSR count). The zero-order valence-electron chi connectivity index (χ0n) is 9.68. The molecule has 1 N–H and O–H groups in total. The number of aromatic nitrogens is 2. The minimum absolute atomic E-state index is 0.0945. The van der Waals surface area contributed by atoms with Gasteiger partial charge in [-0.05, 0) is 0 Å². The first-order valence-corrected chi connectivity index (χ1v) is 5.51. The molecule has 1 aliphatic rings. The first-order chi connectivity index (χ1) is 8.31. The van der Waals surface area contributed by atoms with Crippen molar-refractivity contribution in [3.8, 4) is 5.88 Å². The van der Waals surface area contributed by atoms with E-state index in [1.165, 1.54) is 19.5 Å². The Morgan fingerprint density at radius 1 is 1.59 bits per heavy atom. The highest BCUT2D eigenvalue weighted by Gasteiger charge is 2.21. The van der Waals surface area contributed by atoms with Crippen LogP contribution in [0.15, 0.2) is 12.4 Å². The SMILES string of the molecule is COc1nccnc1C(=O)CC1CNCCO1. The van der Waals surface area contributed by atoms with Gasteiger partial charge in [-0.1, -0.05) is 0 Å². The van der Waals surface area contributed by atoms with E-state index in [1.54, 1.807) is 0 Å². The Labute approximate surface area is 99.4 Å². The number of ether oxygens (including phenoxy) is 2. The van der Waals surface area contributed by atoms with Gasteiger partial charge in [0, 0.05) is 31.9 Å². The number of hydrogen-bond acceptors (Lipinski definition) is 6. The van der Waals surface area contributed by atoms with Crippen LogP contribution in [0.4, 0.5) is 0 Å². The molecule has 1 aromatic rings. The van der Waals surface area contributed by atoms with Gasteiger partial charge in [0.1, 0.15) is 0 Å². The standard InChI is InChI=1S/C11H15N3O3/c1-16-11-10(13-2-3-14-11)9(15)6-8-7-12-4-5-17-8/h2-3,8,12H,4-7H2,1H3. The van der Waals surface area contributed by atoms with Gasteiger partial charge in [0.25, 0.3) is 0 Å². The van der Waals surface area contributed by atoms with Crippen molar-refractivity contribution in [3.63, 3.8) is 0 Å². The summed E-state index contributed by atoms with van der Waals surface area (Å²) in [6, 6.07) is 0. The van der Waals surface area contributed by atoms with E-state index in [0.717, 1.165) is 6.54 Å². The third-order valence-corrected chi connectivity index (χ3v) is 2.54. The maximum Gasteiger partial charge on any atom is 0.243 e. The number of ketones is 1. The van der Waals surface area contributed by atoms with Crippen LogP contribution >= 0.6 is 0 Å². The van der Waals surface area contributed by atoms with Gasteiger partial charge < -0.3 is 14.8 Å². The number of carbonyl (C=O) groups excluding carboxylic acids is 1. The monoisotopic (exact) mass is 237 g/mol. The molecular weight excluding hydrogens is 222 g/mol. The topological polar surface area (TPSA) is 73.3 Å². The third kappa shape index (κ3) is 2.98. The predicted molar refractivity (Wildman–Crippen MR) is 60.1 cm³/mol. The van der Waals surface area contributed by atoms with Gasteiger partial charge >= 0.3 is 0 Å². The highest BCUT2D eigenvalue weighted by atomic mass is 16.5. The van der Waals surface area contributed by atoms with Gasteiger partial charge in [0.05, 0.1) is 19.8 Å². The molecule has 17 heavy (non-hydrogen) atoms. The quantitative estimate of drug-likeness (QED) is 0.746. The van der Waals surface area contributed by atoms with Crippen LogP contribution in [0, 0.1) is 0 Å². The number of hydrogen-bond donors (Lipinski definition) is 1. The summed E-state index contributed by atoms with van der Waals surface area (Å²) in [4.78, 5) is 20.0. The number of nitrogens with one attached hydrogen (secondary N) is 1. The lowest BCUT2D eigenvalue weighted by Gasteiger charge is -2.22. The molecule has 1 fully saturated rings. The van der Waals surface area contributed by atoms with E-state index >= 15 is 0 Å². The minimum atomic E-state index is -0.108. The van der Waals surface area contributed by atoms with Crippen LogP contribution in [-0.2, 0) is 4.74 Å². The average Bonchev–Trinajstić information content (AvgIpc) is 2.40. The Hall–Kier alpha value is -1.53. The van der Waals surface area contributed by atoms with Crippen molar-refractivity contribution >= 4 is 5.78 Å². The largest absolute Gasteiger partial charge is 0.479 e. The number of rotatable bonds is 4. The molecular formula is C11H15N3O3. The highest BCUT2D eigenvalue weighted by Crippen LogP contribution is 2.15. The number of Topliss-reactive ketones (excluding diaryl/α,β-unsaturated/α-hetero) is 1. The van der Waals surface area contributed by atoms with Gasteiger partial charge in [0.2, 0.25) is 5.88 Å². The fraction of sp³-hybridized carbons (Fsp3) is 0.545. The molecule has 0 amide bonds. The smallest absolute Gasteiger partial charge is 0.243 e. The Morgan fingerprint density at radius 2 is 2.41 bits per heavy atom. The van der Waals surface area contributed by atoms with Crippen LogP contribution in [0.2, 0.25) is 0 Å². The summed E-state index contributed by atoms with van der Waals surface area (Å²) in [5.74, 6) is 0.157. The lowest BCUT2D eigenvalue weighted by atomic mass is 10.1. The second-order valence-corrected chi connectivity index (χ2v) is 3.74. The second kappa shape index (κ2) is 5.70. The summed E-state index contributed by atoms with van der Waals surface area (Å²) < 4.78 is 10.5. The van der Waals surface area contributed by atoms with Gasteiger partial charge in [-0.2, -0.15) is 0 Å². The summed E-state index contributed by atoms with van der Waals surface area (Å²) in [6.07, 6.45) is 3.18. The zero-order valence-corrected chi connectivity index (χ0v) is 9.68. The molecule has 0 aliphatic carbocycles. The van der Waals surface area contributed by atoms with Crippen LogP contribution in [0.1, 0.15) is 16.9 Å². The summed E-state index contributed by atoms with van der Waals surface area (Å²) in [5, 5.41) is 3.18. The molecule has 1 atom stereocenters. The molecule has 0 aromatic carbocycles. The van der Waals surface area contributed by atoms with E-state index in [9.17, 15) is 4.79 Å². The van der Waals surface area contributed by atoms with Crippen molar-refractivity contribution in [2.45, 2.75) is 12.5 Å². The summed E-state index contributed by atoms with van der Waals surface area (Å²) >= 11 is 0. The fourth-order valence-electron chi connectivity index (χ4n) is 1.72. The molecule has 92 valence electrons. The van der Waals surface area contributed by atoms with Crippen molar-refractivity contribution in [1.29, 1.82) is 0 Å². The van der Waals surface area contributed by atoms with Crippen molar-refractivity contribution in [3.05, 3.63) is 18.1 Å². The van der Waals surface area contributed by atoms with Crippen LogP contribution in [0.5, 0.6) is 5.88 Å². The molecule has 1 unspecified atom stereocenters. The molecule has 1 aromatic heterocycles. The normalized spacial score (nSPS) is 19.9. The number of carbonyl (C=O) groups is 1. The lowest BCUT2D eigenvalue weighted by molar-refractivity contribution is 0.0238. The Balaban J connectivity index is 2.03. The Bertz CT molecular complexity index is 391. The summed E-state index contributed by atoms with van der Waals surface area (Å²) in [6.45, 7) is 2.16. The van der Waals surface area contributed by atoms with Gasteiger partial charge in [-0.3, -0.25) is 4.79 Å². The highest BCUT2D eigenvalue weighted by molar-refractivity contribution is 5.96. The van der Waals surface area contributed by atoms with Gasteiger partial charge in [-0.25, -0.2) is 9.97 Å². The number of nitrogens with zero attached hydrogens (tertiary/aromatic N) is 2. The number of methoxy groups -OCH3 is 1. The van der Waals surface area contributed by atoms with Gasteiger partial charge in [-0.15, -0.1) is 0 Å². The van der Waals surface area contributed by atoms with Gasteiger partial charge in [0.15, 0.2) is 11.5 Å². The number of morpholine rings is 1.